The lowest BCUT2D eigenvalue weighted by Crippen LogP contribution is -2.47. The SMILES string of the molecule is CC1CC(C2(C(C)C)CCCCC2)CCC1(c1ccc(O)cc1)c1ccc(O)cc1. The third-order valence-electron chi connectivity index (χ3n) is 8.88. The van der Waals surface area contributed by atoms with Crippen molar-refractivity contribution in [2.75, 3.05) is 0 Å². The van der Waals surface area contributed by atoms with Crippen molar-refractivity contribution in [3.63, 3.8) is 0 Å². The Labute approximate surface area is 182 Å². The van der Waals surface area contributed by atoms with Crippen molar-refractivity contribution in [3.8, 4) is 11.5 Å². The van der Waals surface area contributed by atoms with Gasteiger partial charge in [-0.2, -0.15) is 0 Å². The van der Waals surface area contributed by atoms with Gasteiger partial charge in [0.05, 0.1) is 0 Å². The molecule has 2 atom stereocenters. The Bertz CT molecular complexity index is 782. The van der Waals surface area contributed by atoms with E-state index in [1.54, 1.807) is 0 Å². The minimum absolute atomic E-state index is 0.0647. The predicted molar refractivity (Wildman–Crippen MR) is 124 cm³/mol. The van der Waals surface area contributed by atoms with Crippen LogP contribution in [0.3, 0.4) is 0 Å². The first-order chi connectivity index (χ1) is 14.4. The summed E-state index contributed by atoms with van der Waals surface area (Å²) in [6, 6.07) is 15.7. The third kappa shape index (κ3) is 3.53. The monoisotopic (exact) mass is 406 g/mol. The van der Waals surface area contributed by atoms with Crippen LogP contribution in [0.1, 0.15) is 83.3 Å². The van der Waals surface area contributed by atoms with Crippen LogP contribution in [-0.2, 0) is 5.41 Å². The van der Waals surface area contributed by atoms with Crippen LogP contribution in [0.2, 0.25) is 0 Å². The lowest BCUT2D eigenvalue weighted by molar-refractivity contribution is -0.00668. The van der Waals surface area contributed by atoms with Crippen molar-refractivity contribution < 1.29 is 10.2 Å². The van der Waals surface area contributed by atoms with Crippen molar-refractivity contribution >= 4 is 0 Å². The molecule has 2 unspecified atom stereocenters. The van der Waals surface area contributed by atoms with Crippen LogP contribution >= 0.6 is 0 Å². The molecule has 0 aliphatic heterocycles. The van der Waals surface area contributed by atoms with Gasteiger partial charge in [0.25, 0.3) is 0 Å². The van der Waals surface area contributed by atoms with Crippen molar-refractivity contribution in [1.82, 2.24) is 0 Å². The Morgan fingerprint density at radius 1 is 0.767 bits per heavy atom. The molecule has 2 aliphatic rings. The lowest BCUT2D eigenvalue weighted by Gasteiger charge is -2.54. The Balaban J connectivity index is 1.72. The summed E-state index contributed by atoms with van der Waals surface area (Å²) in [5, 5.41) is 19.8. The van der Waals surface area contributed by atoms with E-state index >= 15 is 0 Å². The molecule has 0 radical (unpaired) electrons. The third-order valence-corrected chi connectivity index (χ3v) is 8.88. The fourth-order valence-electron chi connectivity index (χ4n) is 7.13. The van der Waals surface area contributed by atoms with Gasteiger partial charge in [-0.1, -0.05) is 64.3 Å². The molecule has 30 heavy (non-hydrogen) atoms. The molecule has 162 valence electrons. The molecule has 0 amide bonds. The van der Waals surface area contributed by atoms with E-state index in [2.05, 4.69) is 45.0 Å². The number of phenols is 2. The summed E-state index contributed by atoms with van der Waals surface area (Å²) in [7, 11) is 0. The summed E-state index contributed by atoms with van der Waals surface area (Å²) in [6.07, 6.45) is 10.6. The van der Waals surface area contributed by atoms with Crippen LogP contribution < -0.4 is 0 Å². The van der Waals surface area contributed by atoms with Gasteiger partial charge in [0.1, 0.15) is 11.5 Å². The fourth-order valence-corrected chi connectivity index (χ4v) is 7.13. The normalized spacial score (nSPS) is 25.9. The van der Waals surface area contributed by atoms with E-state index in [-0.39, 0.29) is 5.41 Å². The summed E-state index contributed by atoms with van der Waals surface area (Å²) < 4.78 is 0. The van der Waals surface area contributed by atoms with Gasteiger partial charge < -0.3 is 10.2 Å². The summed E-state index contributed by atoms with van der Waals surface area (Å²) in [5.41, 5.74) is 3.02. The first-order valence-corrected chi connectivity index (χ1v) is 12.0. The number of rotatable bonds is 4. The lowest BCUT2D eigenvalue weighted by atomic mass is 9.50. The molecule has 2 aromatic rings. The molecule has 0 saturated heterocycles. The summed E-state index contributed by atoms with van der Waals surface area (Å²) in [4.78, 5) is 0. The number of benzene rings is 2. The molecule has 0 heterocycles. The summed E-state index contributed by atoms with van der Waals surface area (Å²) >= 11 is 0. The van der Waals surface area contributed by atoms with E-state index in [9.17, 15) is 10.2 Å². The highest BCUT2D eigenvalue weighted by molar-refractivity contribution is 5.44. The first kappa shape index (κ1) is 21.3. The molecule has 2 heteroatoms. The average molecular weight is 407 g/mol. The van der Waals surface area contributed by atoms with E-state index in [4.69, 9.17) is 0 Å². The van der Waals surface area contributed by atoms with E-state index in [1.165, 1.54) is 56.1 Å². The van der Waals surface area contributed by atoms with Gasteiger partial charge in [-0.05, 0) is 90.7 Å². The minimum Gasteiger partial charge on any atom is -0.508 e. The first-order valence-electron chi connectivity index (χ1n) is 12.0. The van der Waals surface area contributed by atoms with E-state index < -0.39 is 0 Å². The Kier molecular flexibility index (Phi) is 5.88. The summed E-state index contributed by atoms with van der Waals surface area (Å²) in [6.45, 7) is 7.35. The highest BCUT2D eigenvalue weighted by atomic mass is 16.3. The quantitative estimate of drug-likeness (QED) is 0.554. The van der Waals surface area contributed by atoms with Crippen molar-refractivity contribution in [2.45, 2.75) is 77.6 Å². The van der Waals surface area contributed by atoms with Gasteiger partial charge in [0, 0.05) is 5.41 Å². The molecular formula is C28H38O2. The predicted octanol–water partition coefficient (Wildman–Crippen LogP) is 7.43. The van der Waals surface area contributed by atoms with Crippen LogP contribution in [0.15, 0.2) is 48.5 Å². The molecule has 0 bridgehead atoms. The number of hydrogen-bond acceptors (Lipinski definition) is 2. The van der Waals surface area contributed by atoms with Crippen molar-refractivity contribution in [1.29, 1.82) is 0 Å². The van der Waals surface area contributed by atoms with Crippen molar-refractivity contribution in [2.24, 2.45) is 23.2 Å². The van der Waals surface area contributed by atoms with E-state index in [1.807, 2.05) is 24.3 Å². The molecule has 2 fully saturated rings. The van der Waals surface area contributed by atoms with Gasteiger partial charge in [-0.3, -0.25) is 0 Å². The standard InChI is InChI=1S/C28H38O2/c1-20(2)27(16-5-4-6-17-27)24-15-18-28(21(3)19-24,22-7-11-25(29)12-8-22)23-9-13-26(30)14-10-23/h7-14,20-21,24,29-30H,4-6,15-19H2,1-3H3. The number of hydrogen-bond donors (Lipinski definition) is 2. The Hall–Kier alpha value is -1.96. The van der Waals surface area contributed by atoms with E-state index in [0.29, 0.717) is 22.8 Å². The van der Waals surface area contributed by atoms with Gasteiger partial charge in [-0.25, -0.2) is 0 Å². The van der Waals surface area contributed by atoms with Crippen molar-refractivity contribution in [3.05, 3.63) is 59.7 Å². The van der Waals surface area contributed by atoms with Gasteiger partial charge in [0.2, 0.25) is 0 Å². The van der Waals surface area contributed by atoms with Gasteiger partial charge >= 0.3 is 0 Å². The maximum atomic E-state index is 9.89. The average Bonchev–Trinajstić information content (AvgIpc) is 2.75. The zero-order valence-electron chi connectivity index (χ0n) is 18.9. The molecule has 0 aromatic heterocycles. The van der Waals surface area contributed by atoms with Crippen LogP contribution in [0, 0.1) is 23.2 Å². The maximum absolute atomic E-state index is 9.89. The zero-order valence-corrected chi connectivity index (χ0v) is 18.9. The Morgan fingerprint density at radius 3 is 1.70 bits per heavy atom. The molecule has 2 aromatic carbocycles. The molecule has 4 rings (SSSR count). The minimum atomic E-state index is -0.0647. The molecule has 2 saturated carbocycles. The second kappa shape index (κ2) is 8.29. The largest absolute Gasteiger partial charge is 0.508 e. The van der Waals surface area contributed by atoms with Crippen LogP contribution in [0.25, 0.3) is 0 Å². The molecule has 2 nitrogen and oxygen atoms in total. The fraction of sp³-hybridized carbons (Fsp3) is 0.571. The number of aromatic hydroxyl groups is 2. The molecule has 2 N–H and O–H groups in total. The number of phenolic OH excluding ortho intramolecular Hbond substituents is 2. The molecule has 0 spiro atoms. The van der Waals surface area contributed by atoms with Crippen LogP contribution in [0.4, 0.5) is 0 Å². The zero-order chi connectivity index (χ0) is 21.4. The highest BCUT2D eigenvalue weighted by Gasteiger charge is 2.50. The maximum Gasteiger partial charge on any atom is 0.115 e. The second-order valence-electron chi connectivity index (χ2n) is 10.4. The van der Waals surface area contributed by atoms with Crippen LogP contribution in [-0.4, -0.2) is 10.2 Å². The highest BCUT2D eigenvalue weighted by Crippen LogP contribution is 2.58. The molecular weight excluding hydrogens is 368 g/mol. The van der Waals surface area contributed by atoms with Gasteiger partial charge in [-0.15, -0.1) is 0 Å². The topological polar surface area (TPSA) is 40.5 Å². The van der Waals surface area contributed by atoms with Crippen LogP contribution in [0.5, 0.6) is 11.5 Å². The Morgan fingerprint density at radius 2 is 1.27 bits per heavy atom. The van der Waals surface area contributed by atoms with Gasteiger partial charge in [0.15, 0.2) is 0 Å². The van der Waals surface area contributed by atoms with E-state index in [0.717, 1.165) is 18.3 Å². The summed E-state index contributed by atoms with van der Waals surface area (Å²) in [5.74, 6) is 2.67. The second-order valence-corrected chi connectivity index (χ2v) is 10.4. The smallest absolute Gasteiger partial charge is 0.115 e. The molecule has 2 aliphatic carbocycles.